The van der Waals surface area contributed by atoms with Crippen molar-refractivity contribution in [1.82, 2.24) is 5.32 Å². The van der Waals surface area contributed by atoms with E-state index in [1.807, 2.05) is 0 Å². The molecule has 1 atom stereocenters. The van der Waals surface area contributed by atoms with Gasteiger partial charge in [-0.05, 0) is 43.9 Å². The van der Waals surface area contributed by atoms with Gasteiger partial charge in [0.15, 0.2) is 0 Å². The second-order valence-electron chi connectivity index (χ2n) is 6.84. The molecule has 6 nitrogen and oxygen atoms in total. The van der Waals surface area contributed by atoms with E-state index in [0.29, 0.717) is 23.0 Å². The minimum atomic E-state index is -0.355. The van der Waals surface area contributed by atoms with E-state index in [1.165, 1.54) is 0 Å². The van der Waals surface area contributed by atoms with Crippen LogP contribution in [0, 0.1) is 5.92 Å². The molecule has 1 aromatic rings. The molecule has 2 aliphatic rings. The molecule has 3 rings (SSSR count). The summed E-state index contributed by atoms with van der Waals surface area (Å²) >= 11 is 6.06. The molecule has 8 heteroatoms. The van der Waals surface area contributed by atoms with Crippen LogP contribution in [0.5, 0.6) is 5.75 Å². The molecule has 1 aromatic carbocycles. The normalized spacial score (nSPS) is 25.6. The van der Waals surface area contributed by atoms with E-state index in [4.69, 9.17) is 22.1 Å². The first kappa shape index (κ1) is 20.8. The number of benzene rings is 1. The van der Waals surface area contributed by atoms with Gasteiger partial charge in [0, 0.05) is 30.1 Å². The largest absolute Gasteiger partial charge is 0.495 e. The van der Waals surface area contributed by atoms with Gasteiger partial charge in [0.25, 0.3) is 0 Å². The third-order valence-electron chi connectivity index (χ3n) is 5.05. The molecule has 2 amide bonds. The number of amides is 2. The standard InChI is InChI=1S/C18H24ClN3O3.ClH/c1-25-16-7-2-12(19)9-15(16)22-10-11(8-17(22)23)18(24)21-14-5-3-13(20)4-6-14;/h2,7,9,11,13-14H,3-6,8,10,20H2,1H3,(H,21,24);1H. The van der Waals surface area contributed by atoms with Gasteiger partial charge in [-0.25, -0.2) is 0 Å². The fraction of sp³-hybridized carbons (Fsp3) is 0.556. The Morgan fingerprint density at radius 2 is 2.00 bits per heavy atom. The average Bonchev–Trinajstić information content (AvgIpc) is 2.98. The van der Waals surface area contributed by atoms with Crippen molar-refractivity contribution in [3.63, 3.8) is 0 Å². The quantitative estimate of drug-likeness (QED) is 0.811. The van der Waals surface area contributed by atoms with Gasteiger partial charge >= 0.3 is 0 Å². The highest BCUT2D eigenvalue weighted by Gasteiger charge is 2.37. The number of nitrogens with two attached hydrogens (primary N) is 1. The minimum Gasteiger partial charge on any atom is -0.495 e. The number of carbonyl (C=O) groups excluding carboxylic acids is 2. The van der Waals surface area contributed by atoms with Crippen molar-refractivity contribution in [2.45, 2.75) is 44.2 Å². The third kappa shape index (κ3) is 4.61. The monoisotopic (exact) mass is 401 g/mol. The maximum absolute atomic E-state index is 12.6. The zero-order valence-corrected chi connectivity index (χ0v) is 16.3. The molecule has 0 aromatic heterocycles. The van der Waals surface area contributed by atoms with Crippen LogP contribution in [-0.2, 0) is 9.59 Å². The van der Waals surface area contributed by atoms with E-state index in [2.05, 4.69) is 5.32 Å². The molecule has 1 heterocycles. The topological polar surface area (TPSA) is 84.7 Å². The number of anilines is 1. The molecular formula is C18H25Cl2N3O3. The molecule has 0 bridgehead atoms. The molecule has 1 saturated heterocycles. The van der Waals surface area contributed by atoms with Gasteiger partial charge in [-0.2, -0.15) is 0 Å². The third-order valence-corrected chi connectivity index (χ3v) is 5.28. The summed E-state index contributed by atoms with van der Waals surface area (Å²) in [6.07, 6.45) is 3.87. The van der Waals surface area contributed by atoms with Crippen LogP contribution in [0.4, 0.5) is 5.69 Å². The zero-order valence-electron chi connectivity index (χ0n) is 14.7. The molecular weight excluding hydrogens is 377 g/mol. The van der Waals surface area contributed by atoms with Crippen LogP contribution < -0.4 is 20.7 Å². The number of nitrogens with one attached hydrogen (secondary N) is 1. The molecule has 3 N–H and O–H groups in total. The van der Waals surface area contributed by atoms with Crippen molar-refractivity contribution in [3.05, 3.63) is 23.2 Å². The fourth-order valence-electron chi connectivity index (χ4n) is 3.57. The molecule has 1 unspecified atom stereocenters. The number of hydrogen-bond acceptors (Lipinski definition) is 4. The van der Waals surface area contributed by atoms with Gasteiger partial charge in [-0.15, -0.1) is 12.4 Å². The fourth-order valence-corrected chi connectivity index (χ4v) is 3.74. The van der Waals surface area contributed by atoms with Crippen molar-refractivity contribution in [2.75, 3.05) is 18.6 Å². The van der Waals surface area contributed by atoms with Crippen LogP contribution in [0.2, 0.25) is 5.02 Å². The van der Waals surface area contributed by atoms with E-state index in [0.717, 1.165) is 25.7 Å². The minimum absolute atomic E-state index is 0. The van der Waals surface area contributed by atoms with E-state index >= 15 is 0 Å². The van der Waals surface area contributed by atoms with Crippen molar-refractivity contribution in [1.29, 1.82) is 0 Å². The Morgan fingerprint density at radius 3 is 2.65 bits per heavy atom. The molecule has 1 saturated carbocycles. The molecule has 1 aliphatic carbocycles. The van der Waals surface area contributed by atoms with Crippen LogP contribution in [0.1, 0.15) is 32.1 Å². The lowest BCUT2D eigenvalue weighted by Crippen LogP contribution is -2.43. The SMILES string of the molecule is COc1ccc(Cl)cc1N1CC(C(=O)NC2CCC(N)CC2)CC1=O.Cl. The lowest BCUT2D eigenvalue weighted by atomic mass is 9.91. The lowest BCUT2D eigenvalue weighted by Gasteiger charge is -2.27. The van der Waals surface area contributed by atoms with Crippen LogP contribution >= 0.6 is 24.0 Å². The first-order valence-corrected chi connectivity index (χ1v) is 9.05. The maximum Gasteiger partial charge on any atom is 0.227 e. The van der Waals surface area contributed by atoms with Crippen LogP contribution in [0.25, 0.3) is 0 Å². The zero-order chi connectivity index (χ0) is 18.0. The molecule has 26 heavy (non-hydrogen) atoms. The number of methoxy groups -OCH3 is 1. The Hall–Kier alpha value is -1.50. The predicted octanol–water partition coefficient (Wildman–Crippen LogP) is 2.51. The van der Waals surface area contributed by atoms with Crippen LogP contribution in [-0.4, -0.2) is 37.6 Å². The van der Waals surface area contributed by atoms with Gasteiger partial charge in [0.05, 0.1) is 18.7 Å². The number of carbonyl (C=O) groups is 2. The molecule has 1 aliphatic heterocycles. The highest BCUT2D eigenvalue weighted by molar-refractivity contribution is 6.31. The Balaban J connectivity index is 0.00000243. The Morgan fingerprint density at radius 1 is 1.31 bits per heavy atom. The van der Waals surface area contributed by atoms with Gasteiger partial charge < -0.3 is 20.7 Å². The highest BCUT2D eigenvalue weighted by atomic mass is 35.5. The first-order valence-electron chi connectivity index (χ1n) is 8.67. The molecule has 0 spiro atoms. The Bertz CT molecular complexity index is 663. The van der Waals surface area contributed by atoms with Crippen molar-refractivity contribution >= 4 is 41.5 Å². The summed E-state index contributed by atoms with van der Waals surface area (Å²) in [5.41, 5.74) is 6.51. The first-order chi connectivity index (χ1) is 12.0. The second kappa shape index (κ2) is 8.93. The molecule has 144 valence electrons. The Labute approximate surface area is 164 Å². The number of hydrogen-bond donors (Lipinski definition) is 2. The smallest absolute Gasteiger partial charge is 0.227 e. The summed E-state index contributed by atoms with van der Waals surface area (Å²) in [5, 5.41) is 3.61. The molecule has 2 fully saturated rings. The van der Waals surface area contributed by atoms with Crippen molar-refractivity contribution in [3.8, 4) is 5.75 Å². The second-order valence-corrected chi connectivity index (χ2v) is 7.28. The summed E-state index contributed by atoms with van der Waals surface area (Å²) in [7, 11) is 1.55. The van der Waals surface area contributed by atoms with Crippen LogP contribution in [0.3, 0.4) is 0 Å². The van der Waals surface area contributed by atoms with Gasteiger partial charge in [0.2, 0.25) is 11.8 Å². The lowest BCUT2D eigenvalue weighted by molar-refractivity contribution is -0.127. The molecule has 0 radical (unpaired) electrons. The number of ether oxygens (including phenoxy) is 1. The predicted molar refractivity (Wildman–Crippen MR) is 104 cm³/mol. The van der Waals surface area contributed by atoms with Crippen molar-refractivity contribution in [2.24, 2.45) is 11.7 Å². The van der Waals surface area contributed by atoms with E-state index < -0.39 is 0 Å². The highest BCUT2D eigenvalue weighted by Crippen LogP contribution is 2.35. The van der Waals surface area contributed by atoms with Gasteiger partial charge in [-0.3, -0.25) is 9.59 Å². The summed E-state index contributed by atoms with van der Waals surface area (Å²) in [6.45, 7) is 0.341. The van der Waals surface area contributed by atoms with E-state index in [9.17, 15) is 9.59 Å². The summed E-state index contributed by atoms with van der Waals surface area (Å²) in [6, 6.07) is 5.54. The maximum atomic E-state index is 12.6. The summed E-state index contributed by atoms with van der Waals surface area (Å²) in [5.74, 6) is 0.0653. The number of nitrogens with zero attached hydrogens (tertiary/aromatic N) is 1. The van der Waals surface area contributed by atoms with Gasteiger partial charge in [-0.1, -0.05) is 11.6 Å². The van der Waals surface area contributed by atoms with Gasteiger partial charge in [0.1, 0.15) is 5.75 Å². The summed E-state index contributed by atoms with van der Waals surface area (Å²) in [4.78, 5) is 26.6. The van der Waals surface area contributed by atoms with Crippen LogP contribution in [0.15, 0.2) is 18.2 Å². The van der Waals surface area contributed by atoms with E-state index in [-0.39, 0.29) is 48.6 Å². The number of rotatable bonds is 4. The van der Waals surface area contributed by atoms with E-state index in [1.54, 1.807) is 30.2 Å². The average molecular weight is 402 g/mol. The van der Waals surface area contributed by atoms with Crippen molar-refractivity contribution < 1.29 is 14.3 Å². The summed E-state index contributed by atoms with van der Waals surface area (Å²) < 4.78 is 5.32. The Kier molecular flexibility index (Phi) is 7.15. The number of halogens is 2.